The average molecular weight is 578 g/mol. The molecular weight excluding hydrogens is 541 g/mol. The minimum atomic E-state index is 0. The lowest BCUT2D eigenvalue weighted by Crippen LogP contribution is -2.52. The quantitative estimate of drug-likeness (QED) is 0.333. The zero-order chi connectivity index (χ0) is 23.0. The van der Waals surface area contributed by atoms with Crippen molar-refractivity contribution in [1.29, 1.82) is 0 Å². The highest BCUT2D eigenvalue weighted by Gasteiger charge is 2.21. The Kier molecular flexibility index (Phi) is 9.86. The first-order valence-electron chi connectivity index (χ1n) is 11.9. The Bertz CT molecular complexity index is 952. The number of guanidine groups is 1. The number of hydrogen-bond donors (Lipinski definition) is 1. The van der Waals surface area contributed by atoms with Gasteiger partial charge in [0, 0.05) is 70.2 Å². The Morgan fingerprint density at radius 3 is 2.29 bits per heavy atom. The molecule has 8 heteroatoms. The molecule has 0 radical (unpaired) electrons. The van der Waals surface area contributed by atoms with Gasteiger partial charge in [-0.2, -0.15) is 0 Å². The first-order chi connectivity index (χ1) is 16.2. The van der Waals surface area contributed by atoms with Gasteiger partial charge in [0.15, 0.2) is 5.96 Å². The van der Waals surface area contributed by atoms with E-state index in [0.717, 1.165) is 74.9 Å². The van der Waals surface area contributed by atoms with Gasteiger partial charge in [0.2, 0.25) is 0 Å². The predicted molar refractivity (Wildman–Crippen MR) is 149 cm³/mol. The fourth-order valence-electron chi connectivity index (χ4n) is 4.54. The SMILES string of the molecule is CN=C(NCc1ccc(C(=O)N2CCCCC2)cc1)N1CCN(c2cccc(OC)c2)CC1.I. The summed E-state index contributed by atoms with van der Waals surface area (Å²) in [7, 11) is 3.53. The van der Waals surface area contributed by atoms with E-state index < -0.39 is 0 Å². The van der Waals surface area contributed by atoms with Crippen molar-refractivity contribution in [3.63, 3.8) is 0 Å². The van der Waals surface area contributed by atoms with Crippen LogP contribution >= 0.6 is 24.0 Å². The number of hydrogen-bond acceptors (Lipinski definition) is 4. The van der Waals surface area contributed by atoms with Gasteiger partial charge < -0.3 is 24.8 Å². The molecule has 2 heterocycles. The van der Waals surface area contributed by atoms with Gasteiger partial charge in [-0.05, 0) is 49.1 Å². The second-order valence-corrected chi connectivity index (χ2v) is 8.63. The molecule has 7 nitrogen and oxygen atoms in total. The van der Waals surface area contributed by atoms with E-state index in [0.29, 0.717) is 6.54 Å². The number of ether oxygens (including phenoxy) is 1. The lowest BCUT2D eigenvalue weighted by molar-refractivity contribution is 0.0724. The van der Waals surface area contributed by atoms with E-state index in [1.807, 2.05) is 48.3 Å². The van der Waals surface area contributed by atoms with Gasteiger partial charge in [-0.25, -0.2) is 0 Å². The lowest BCUT2D eigenvalue weighted by atomic mass is 10.1. The van der Waals surface area contributed by atoms with Crippen molar-refractivity contribution in [2.45, 2.75) is 25.8 Å². The topological polar surface area (TPSA) is 60.4 Å². The maximum absolute atomic E-state index is 12.7. The summed E-state index contributed by atoms with van der Waals surface area (Å²) < 4.78 is 5.36. The number of nitrogens with zero attached hydrogens (tertiary/aromatic N) is 4. The highest BCUT2D eigenvalue weighted by molar-refractivity contribution is 14.0. The molecule has 4 rings (SSSR count). The number of benzene rings is 2. The van der Waals surface area contributed by atoms with Crippen molar-refractivity contribution in [1.82, 2.24) is 15.1 Å². The summed E-state index contributed by atoms with van der Waals surface area (Å²) in [6, 6.07) is 16.2. The Balaban J connectivity index is 0.00000324. The zero-order valence-electron chi connectivity index (χ0n) is 20.2. The monoisotopic (exact) mass is 577 g/mol. The van der Waals surface area contributed by atoms with Crippen molar-refractivity contribution in [2.24, 2.45) is 4.99 Å². The minimum Gasteiger partial charge on any atom is -0.497 e. The third-order valence-corrected chi connectivity index (χ3v) is 6.50. The summed E-state index contributed by atoms with van der Waals surface area (Å²) in [6.45, 7) is 6.11. The van der Waals surface area contributed by atoms with Gasteiger partial charge in [0.1, 0.15) is 5.75 Å². The van der Waals surface area contributed by atoms with E-state index in [9.17, 15) is 4.79 Å². The summed E-state index contributed by atoms with van der Waals surface area (Å²) in [6.07, 6.45) is 3.45. The molecule has 0 aromatic heterocycles. The first kappa shape index (κ1) is 26.1. The maximum Gasteiger partial charge on any atom is 0.253 e. The summed E-state index contributed by atoms with van der Waals surface area (Å²) in [5.41, 5.74) is 3.11. The van der Waals surface area contributed by atoms with Crippen molar-refractivity contribution >= 4 is 41.5 Å². The first-order valence-corrected chi connectivity index (χ1v) is 11.9. The van der Waals surface area contributed by atoms with Gasteiger partial charge in [-0.3, -0.25) is 9.79 Å². The van der Waals surface area contributed by atoms with E-state index in [1.165, 1.54) is 12.1 Å². The minimum absolute atomic E-state index is 0. The molecule has 0 bridgehead atoms. The van der Waals surface area contributed by atoms with Crippen LogP contribution in [0.15, 0.2) is 53.5 Å². The Hall–Kier alpha value is -2.49. The molecule has 0 aliphatic carbocycles. The third-order valence-electron chi connectivity index (χ3n) is 6.50. The molecule has 2 aromatic carbocycles. The molecule has 1 N–H and O–H groups in total. The molecule has 0 atom stereocenters. The van der Waals surface area contributed by atoms with Crippen molar-refractivity contribution in [3.8, 4) is 5.75 Å². The van der Waals surface area contributed by atoms with Crippen LogP contribution in [0, 0.1) is 0 Å². The molecule has 0 spiro atoms. The number of amides is 1. The Morgan fingerprint density at radius 1 is 0.941 bits per heavy atom. The summed E-state index contributed by atoms with van der Waals surface area (Å²) in [4.78, 5) is 23.8. The Labute approximate surface area is 220 Å². The smallest absolute Gasteiger partial charge is 0.253 e. The van der Waals surface area contributed by atoms with E-state index in [4.69, 9.17) is 4.74 Å². The van der Waals surface area contributed by atoms with E-state index >= 15 is 0 Å². The van der Waals surface area contributed by atoms with Crippen molar-refractivity contribution < 1.29 is 9.53 Å². The second-order valence-electron chi connectivity index (χ2n) is 8.63. The van der Waals surface area contributed by atoms with Gasteiger partial charge in [-0.15, -0.1) is 24.0 Å². The predicted octanol–water partition coefficient (Wildman–Crippen LogP) is 3.84. The molecular formula is C26H36IN5O2. The third kappa shape index (κ3) is 6.55. The number of nitrogens with one attached hydrogen (secondary N) is 1. The van der Waals surface area contributed by atoms with Gasteiger partial charge in [0.25, 0.3) is 5.91 Å². The molecule has 2 saturated heterocycles. The van der Waals surface area contributed by atoms with E-state index in [-0.39, 0.29) is 29.9 Å². The molecule has 1 amide bonds. The van der Waals surface area contributed by atoms with Crippen LogP contribution in [0.3, 0.4) is 0 Å². The number of carbonyl (C=O) groups is 1. The number of aliphatic imine (C=N–C) groups is 1. The largest absolute Gasteiger partial charge is 0.497 e. The summed E-state index contributed by atoms with van der Waals surface area (Å²) in [5, 5.41) is 3.48. The Morgan fingerprint density at radius 2 is 1.65 bits per heavy atom. The van der Waals surface area contributed by atoms with Crippen LogP contribution in [0.1, 0.15) is 35.2 Å². The molecule has 34 heavy (non-hydrogen) atoms. The number of halogens is 1. The van der Waals surface area contributed by atoms with Gasteiger partial charge >= 0.3 is 0 Å². The van der Waals surface area contributed by atoms with Crippen LogP contribution in [-0.4, -0.2) is 75.1 Å². The zero-order valence-corrected chi connectivity index (χ0v) is 22.5. The highest BCUT2D eigenvalue weighted by Crippen LogP contribution is 2.22. The fourth-order valence-corrected chi connectivity index (χ4v) is 4.54. The molecule has 0 unspecified atom stereocenters. The maximum atomic E-state index is 12.7. The van der Waals surface area contributed by atoms with Crippen LogP contribution in [0.5, 0.6) is 5.75 Å². The molecule has 2 aliphatic heterocycles. The molecule has 0 saturated carbocycles. The fraction of sp³-hybridized carbons (Fsp3) is 0.462. The van der Waals surface area contributed by atoms with Crippen LogP contribution in [0.2, 0.25) is 0 Å². The van der Waals surface area contributed by atoms with E-state index in [2.05, 4.69) is 32.2 Å². The molecule has 2 aromatic rings. The normalized spacial score (nSPS) is 16.6. The van der Waals surface area contributed by atoms with Crippen LogP contribution in [0.4, 0.5) is 5.69 Å². The van der Waals surface area contributed by atoms with E-state index in [1.54, 1.807) is 7.11 Å². The average Bonchev–Trinajstić information content (AvgIpc) is 2.90. The molecule has 2 fully saturated rings. The number of likely N-dealkylation sites (tertiary alicyclic amines) is 1. The van der Waals surface area contributed by atoms with Crippen LogP contribution < -0.4 is 15.0 Å². The second kappa shape index (κ2) is 12.8. The van der Waals surface area contributed by atoms with Crippen molar-refractivity contribution in [3.05, 3.63) is 59.7 Å². The van der Waals surface area contributed by atoms with Gasteiger partial charge in [0.05, 0.1) is 7.11 Å². The van der Waals surface area contributed by atoms with Gasteiger partial charge in [-0.1, -0.05) is 18.2 Å². The highest BCUT2D eigenvalue weighted by atomic mass is 127. The summed E-state index contributed by atoms with van der Waals surface area (Å²) >= 11 is 0. The number of methoxy groups -OCH3 is 1. The summed E-state index contributed by atoms with van der Waals surface area (Å²) in [5.74, 6) is 1.95. The number of rotatable bonds is 5. The molecule has 184 valence electrons. The van der Waals surface area contributed by atoms with Crippen LogP contribution in [0.25, 0.3) is 0 Å². The van der Waals surface area contributed by atoms with Crippen LogP contribution in [-0.2, 0) is 6.54 Å². The number of anilines is 1. The number of carbonyl (C=O) groups excluding carboxylic acids is 1. The standard InChI is InChI=1S/C26H35N5O2.HI/c1-27-26(31-17-15-29(16-18-31)23-7-6-8-24(19-23)33-2)28-20-21-9-11-22(12-10-21)25(32)30-13-4-3-5-14-30;/h6-12,19H,3-5,13-18,20H2,1-2H3,(H,27,28);1H. The number of piperazine rings is 1. The number of piperidine rings is 1. The van der Waals surface area contributed by atoms with Crippen molar-refractivity contribution in [2.75, 3.05) is 58.3 Å². The molecule has 2 aliphatic rings. The lowest BCUT2D eigenvalue weighted by Gasteiger charge is -2.37.